The minimum absolute atomic E-state index is 0. The number of rotatable bonds is 0. The van der Waals surface area contributed by atoms with Crippen LogP contribution in [0.2, 0.25) is 0 Å². The Morgan fingerprint density at radius 3 is 1.80 bits per heavy atom. The molecule has 5 heavy (non-hydrogen) atoms. The van der Waals surface area contributed by atoms with Crippen molar-refractivity contribution in [2.45, 2.75) is 6.92 Å². The molecular weight excluding hydrogens is 175 g/mol. The normalized spacial score (nSPS) is 5.00. The fraction of sp³-hybridized carbons (Fsp3) is 0.500. The van der Waals surface area contributed by atoms with Crippen molar-refractivity contribution in [1.82, 2.24) is 0 Å². The van der Waals surface area contributed by atoms with E-state index in [2.05, 4.69) is 0 Å². The van der Waals surface area contributed by atoms with Crippen molar-refractivity contribution in [2.24, 2.45) is 0 Å². The zero-order valence-corrected chi connectivity index (χ0v) is 5.67. The molecule has 0 fully saturated rings. The van der Waals surface area contributed by atoms with Crippen LogP contribution in [-0.4, -0.2) is 29.9 Å². The molecule has 0 aromatic carbocycles. The summed E-state index contributed by atoms with van der Waals surface area (Å²) >= 11 is 0. The molecule has 0 aromatic heterocycles. The summed E-state index contributed by atoms with van der Waals surface area (Å²) in [5.41, 5.74) is 0. The van der Waals surface area contributed by atoms with Gasteiger partial charge in [0.1, 0.15) is 0 Å². The van der Waals surface area contributed by atoms with Gasteiger partial charge in [-0.15, -0.1) is 0 Å². The molecule has 2 radical (unpaired) electrons. The van der Waals surface area contributed by atoms with Gasteiger partial charge in [0.05, 0.1) is 0 Å². The largest absolute Gasteiger partial charge is 2.00 e. The Hall–Kier alpha value is 0.269. The van der Waals surface area contributed by atoms with E-state index >= 15 is 0 Å². The number of carbonyl (C=O) groups is 1. The van der Waals surface area contributed by atoms with Crippen molar-refractivity contribution in [2.75, 3.05) is 0 Å². The van der Waals surface area contributed by atoms with Crippen LogP contribution in [0, 0.1) is 0 Å². The standard InChI is InChI=1S/C2H4O2.Sn/c1-2(3)4;/h1H3,(H,3,4);/q;+2/p-1. The van der Waals surface area contributed by atoms with Gasteiger partial charge >= 0.3 is 23.9 Å². The minimum atomic E-state index is -1.08. The van der Waals surface area contributed by atoms with Crippen LogP contribution in [0.1, 0.15) is 6.92 Å². The van der Waals surface area contributed by atoms with E-state index in [0.717, 1.165) is 6.92 Å². The van der Waals surface area contributed by atoms with Crippen molar-refractivity contribution in [3.05, 3.63) is 0 Å². The first-order valence-electron chi connectivity index (χ1n) is 0.908. The number of aliphatic carboxylic acids is 1. The number of hydrogen-bond acceptors (Lipinski definition) is 2. The molecule has 0 heterocycles. The van der Waals surface area contributed by atoms with Crippen molar-refractivity contribution in [3.63, 3.8) is 0 Å². The number of hydrogen-bond donors (Lipinski definition) is 0. The van der Waals surface area contributed by atoms with E-state index in [4.69, 9.17) is 9.90 Å². The Bertz CT molecular complexity index is 30.6. The molecule has 0 amide bonds. The van der Waals surface area contributed by atoms with Crippen LogP contribution in [0.5, 0.6) is 0 Å². The molecule has 0 aromatic rings. The molecule has 0 saturated heterocycles. The maximum Gasteiger partial charge on any atom is 2.00 e. The summed E-state index contributed by atoms with van der Waals surface area (Å²) < 4.78 is 0. The topological polar surface area (TPSA) is 40.1 Å². The second-order valence-corrected chi connectivity index (χ2v) is 0.492. The van der Waals surface area contributed by atoms with E-state index in [1.54, 1.807) is 0 Å². The molecule has 0 saturated carbocycles. The van der Waals surface area contributed by atoms with Gasteiger partial charge in [0, 0.05) is 5.97 Å². The first kappa shape index (κ1) is 8.99. The molecule has 0 N–H and O–H groups in total. The Kier molecular flexibility index (Phi) is 7.67. The van der Waals surface area contributed by atoms with Crippen LogP contribution in [0.25, 0.3) is 0 Å². The average Bonchev–Trinajstić information content (AvgIpc) is 0.811. The molecule has 0 aliphatic heterocycles. The number of carboxylic acids is 1. The number of carboxylic acid groups (broad SMARTS) is 1. The molecule has 0 rings (SSSR count). The predicted octanol–water partition coefficient (Wildman–Crippen LogP) is -1.62. The Morgan fingerprint density at radius 2 is 1.80 bits per heavy atom. The van der Waals surface area contributed by atoms with Gasteiger partial charge in [-0.3, -0.25) is 0 Å². The van der Waals surface area contributed by atoms with Crippen molar-refractivity contribution in [1.29, 1.82) is 0 Å². The third-order valence-corrected chi connectivity index (χ3v) is 0. The van der Waals surface area contributed by atoms with Crippen molar-refractivity contribution < 1.29 is 9.90 Å². The molecule has 0 atom stereocenters. The van der Waals surface area contributed by atoms with E-state index < -0.39 is 5.97 Å². The molecule has 0 spiro atoms. The van der Waals surface area contributed by atoms with Gasteiger partial charge in [0.2, 0.25) is 0 Å². The molecule has 0 bridgehead atoms. The summed E-state index contributed by atoms with van der Waals surface area (Å²) in [5.74, 6) is -1.08. The van der Waals surface area contributed by atoms with Gasteiger partial charge in [-0.1, -0.05) is 0 Å². The molecule has 2 nitrogen and oxygen atoms in total. The summed E-state index contributed by atoms with van der Waals surface area (Å²) in [6.07, 6.45) is 0. The fourth-order valence-electron chi connectivity index (χ4n) is 0. The molecule has 3 heteroatoms. The van der Waals surface area contributed by atoms with Crippen LogP contribution in [0.15, 0.2) is 0 Å². The predicted molar refractivity (Wildman–Crippen MR) is 16.4 cm³/mol. The number of carbonyl (C=O) groups excluding carboxylic acids is 1. The Labute approximate surface area is 47.1 Å². The van der Waals surface area contributed by atoms with Gasteiger partial charge < -0.3 is 9.90 Å². The maximum atomic E-state index is 8.89. The Morgan fingerprint density at radius 1 is 1.80 bits per heavy atom. The van der Waals surface area contributed by atoms with Crippen LogP contribution in [-0.2, 0) is 4.79 Å². The van der Waals surface area contributed by atoms with E-state index in [9.17, 15) is 0 Å². The SMILES string of the molecule is CC(=O)[O-].[Sn+2]. The monoisotopic (exact) mass is 179 g/mol. The van der Waals surface area contributed by atoms with E-state index in [0.29, 0.717) is 0 Å². The van der Waals surface area contributed by atoms with Crippen LogP contribution < -0.4 is 5.11 Å². The third-order valence-electron chi connectivity index (χ3n) is 0. The van der Waals surface area contributed by atoms with Crippen molar-refractivity contribution >= 4 is 29.9 Å². The van der Waals surface area contributed by atoms with E-state index in [1.807, 2.05) is 0 Å². The average molecular weight is 178 g/mol. The van der Waals surface area contributed by atoms with Crippen LogP contribution >= 0.6 is 0 Å². The van der Waals surface area contributed by atoms with Gasteiger partial charge in [-0.2, -0.15) is 0 Å². The summed E-state index contributed by atoms with van der Waals surface area (Å²) in [7, 11) is 0. The second kappa shape index (κ2) is 4.27. The zero-order valence-electron chi connectivity index (χ0n) is 2.82. The summed E-state index contributed by atoms with van der Waals surface area (Å²) in [6.45, 7) is 0.972. The van der Waals surface area contributed by atoms with Gasteiger partial charge in [0.15, 0.2) is 0 Å². The Balaban J connectivity index is 0. The molecule has 0 unspecified atom stereocenters. The first-order valence-corrected chi connectivity index (χ1v) is 0.908. The van der Waals surface area contributed by atoms with Crippen LogP contribution in [0.3, 0.4) is 0 Å². The van der Waals surface area contributed by atoms with Crippen LogP contribution in [0.4, 0.5) is 0 Å². The molecular formula is C2H3O2Sn+. The maximum absolute atomic E-state index is 8.89. The second-order valence-electron chi connectivity index (χ2n) is 0.492. The van der Waals surface area contributed by atoms with E-state index in [-0.39, 0.29) is 23.9 Å². The quantitative estimate of drug-likeness (QED) is 0.418. The first-order chi connectivity index (χ1) is 1.73. The van der Waals surface area contributed by atoms with Gasteiger partial charge in [-0.25, -0.2) is 0 Å². The van der Waals surface area contributed by atoms with Crippen molar-refractivity contribution in [3.8, 4) is 0 Å². The van der Waals surface area contributed by atoms with Gasteiger partial charge in [-0.05, 0) is 6.92 Å². The summed E-state index contributed by atoms with van der Waals surface area (Å²) in [6, 6.07) is 0. The fourth-order valence-corrected chi connectivity index (χ4v) is 0. The molecule has 26 valence electrons. The summed E-state index contributed by atoms with van der Waals surface area (Å²) in [4.78, 5) is 8.89. The molecule has 0 aliphatic carbocycles. The summed E-state index contributed by atoms with van der Waals surface area (Å²) in [5, 5.41) is 8.89. The van der Waals surface area contributed by atoms with E-state index in [1.165, 1.54) is 0 Å². The molecule has 0 aliphatic rings. The smallest absolute Gasteiger partial charge is 0.550 e. The minimum Gasteiger partial charge on any atom is -0.550 e. The third kappa shape index (κ3) is 304. The zero-order chi connectivity index (χ0) is 3.58. The van der Waals surface area contributed by atoms with Gasteiger partial charge in [0.25, 0.3) is 0 Å².